The zero-order valence-corrected chi connectivity index (χ0v) is 9.09. The molecule has 1 rings (SSSR count). The molecule has 12 heavy (non-hydrogen) atoms. The molecule has 0 bridgehead atoms. The minimum absolute atomic E-state index is 0.352. The summed E-state index contributed by atoms with van der Waals surface area (Å²) in [5.74, 6) is -0.352. The fourth-order valence-electron chi connectivity index (χ4n) is 1.08. The number of hydrogen-bond acceptors (Lipinski definition) is 1. The predicted molar refractivity (Wildman–Crippen MR) is 54.4 cm³/mol. The summed E-state index contributed by atoms with van der Waals surface area (Å²) in [6.45, 7) is 3.15. The van der Waals surface area contributed by atoms with Crippen molar-refractivity contribution in [3.8, 4) is 0 Å². The molecule has 1 nitrogen and oxygen atoms in total. The van der Waals surface area contributed by atoms with Crippen LogP contribution < -0.4 is 0 Å². The SMILES string of the molecule is CC(C)(O)c1c(F)cccc1I. The molecular weight excluding hydrogens is 270 g/mol. The van der Waals surface area contributed by atoms with Crippen LogP contribution in [0, 0.1) is 9.39 Å². The molecular formula is C9H10FIO. The van der Waals surface area contributed by atoms with E-state index in [1.54, 1.807) is 26.0 Å². The van der Waals surface area contributed by atoms with Gasteiger partial charge in [0.2, 0.25) is 0 Å². The van der Waals surface area contributed by atoms with Crippen molar-refractivity contribution in [2.45, 2.75) is 19.4 Å². The van der Waals surface area contributed by atoms with Gasteiger partial charge in [-0.3, -0.25) is 0 Å². The Balaban J connectivity index is 3.31. The van der Waals surface area contributed by atoms with Gasteiger partial charge in [0.05, 0.1) is 5.60 Å². The number of rotatable bonds is 1. The second kappa shape index (κ2) is 3.30. The number of hydrogen-bond donors (Lipinski definition) is 1. The zero-order valence-electron chi connectivity index (χ0n) is 6.94. The van der Waals surface area contributed by atoms with Crippen molar-refractivity contribution in [1.29, 1.82) is 0 Å². The van der Waals surface area contributed by atoms with Crippen molar-refractivity contribution >= 4 is 22.6 Å². The number of benzene rings is 1. The lowest BCUT2D eigenvalue weighted by Crippen LogP contribution is -2.19. The summed E-state index contributed by atoms with van der Waals surface area (Å²) in [6, 6.07) is 4.76. The fourth-order valence-corrected chi connectivity index (χ4v) is 2.21. The standard InChI is InChI=1S/C9H10FIO/c1-9(2,12)8-6(10)4-3-5-7(8)11/h3-5,12H,1-2H3. The largest absolute Gasteiger partial charge is 0.386 e. The smallest absolute Gasteiger partial charge is 0.130 e. The van der Waals surface area contributed by atoms with Gasteiger partial charge in [0.25, 0.3) is 0 Å². The molecule has 0 saturated heterocycles. The van der Waals surface area contributed by atoms with E-state index in [0.29, 0.717) is 5.56 Å². The van der Waals surface area contributed by atoms with E-state index in [0.717, 1.165) is 3.57 Å². The van der Waals surface area contributed by atoms with Crippen molar-refractivity contribution in [3.63, 3.8) is 0 Å². The maximum absolute atomic E-state index is 13.2. The van der Waals surface area contributed by atoms with E-state index in [1.165, 1.54) is 6.07 Å². The van der Waals surface area contributed by atoms with Crippen LogP contribution in [0.15, 0.2) is 18.2 Å². The molecule has 0 amide bonds. The Bertz CT molecular complexity index is 271. The normalized spacial score (nSPS) is 11.8. The fraction of sp³-hybridized carbons (Fsp3) is 0.333. The predicted octanol–water partition coefficient (Wildman–Crippen LogP) is 2.66. The van der Waals surface area contributed by atoms with Crippen LogP contribution in [0.2, 0.25) is 0 Å². The topological polar surface area (TPSA) is 20.2 Å². The van der Waals surface area contributed by atoms with Crippen molar-refractivity contribution in [1.82, 2.24) is 0 Å². The summed E-state index contributed by atoms with van der Waals surface area (Å²) in [5.41, 5.74) is -0.743. The molecule has 0 aliphatic heterocycles. The van der Waals surface area contributed by atoms with Crippen LogP contribution in [-0.4, -0.2) is 5.11 Å². The molecule has 0 spiro atoms. The van der Waals surface area contributed by atoms with Gasteiger partial charge in [-0.15, -0.1) is 0 Å². The number of halogens is 2. The van der Waals surface area contributed by atoms with E-state index in [4.69, 9.17) is 0 Å². The van der Waals surface area contributed by atoms with Crippen molar-refractivity contribution in [2.75, 3.05) is 0 Å². The lowest BCUT2D eigenvalue weighted by Gasteiger charge is -2.19. The number of aliphatic hydroxyl groups is 1. The van der Waals surface area contributed by atoms with E-state index >= 15 is 0 Å². The molecule has 1 N–H and O–H groups in total. The quantitative estimate of drug-likeness (QED) is 0.784. The van der Waals surface area contributed by atoms with E-state index in [-0.39, 0.29) is 5.82 Å². The van der Waals surface area contributed by atoms with Crippen LogP contribution in [-0.2, 0) is 5.60 Å². The highest BCUT2D eigenvalue weighted by Crippen LogP contribution is 2.27. The average Bonchev–Trinajstić information content (AvgIpc) is 1.82. The van der Waals surface area contributed by atoms with Gasteiger partial charge >= 0.3 is 0 Å². The average molecular weight is 280 g/mol. The Kier molecular flexibility index (Phi) is 2.73. The minimum Gasteiger partial charge on any atom is -0.386 e. The summed E-state index contributed by atoms with van der Waals surface area (Å²) in [6.07, 6.45) is 0. The summed E-state index contributed by atoms with van der Waals surface area (Å²) in [5, 5.41) is 9.61. The third kappa shape index (κ3) is 1.95. The molecule has 0 saturated carbocycles. The lowest BCUT2D eigenvalue weighted by molar-refractivity contribution is 0.0736. The first-order valence-electron chi connectivity index (χ1n) is 3.60. The van der Waals surface area contributed by atoms with Gasteiger partial charge in [-0.05, 0) is 48.6 Å². The van der Waals surface area contributed by atoms with Gasteiger partial charge in [0.15, 0.2) is 0 Å². The Labute approximate surface area is 84.7 Å². The summed E-state index contributed by atoms with van der Waals surface area (Å²) in [7, 11) is 0. The highest BCUT2D eigenvalue weighted by atomic mass is 127. The molecule has 0 aromatic heterocycles. The highest BCUT2D eigenvalue weighted by Gasteiger charge is 2.22. The molecule has 66 valence electrons. The summed E-state index contributed by atoms with van der Waals surface area (Å²) >= 11 is 2.01. The van der Waals surface area contributed by atoms with Crippen LogP contribution >= 0.6 is 22.6 Å². The summed E-state index contributed by atoms with van der Waals surface area (Å²) in [4.78, 5) is 0. The van der Waals surface area contributed by atoms with E-state index in [2.05, 4.69) is 0 Å². The molecule has 0 aliphatic carbocycles. The molecule has 3 heteroatoms. The third-order valence-electron chi connectivity index (χ3n) is 1.57. The van der Waals surface area contributed by atoms with Gasteiger partial charge in [-0.1, -0.05) is 6.07 Å². The minimum atomic E-state index is -1.11. The lowest BCUT2D eigenvalue weighted by atomic mass is 9.98. The summed E-state index contributed by atoms with van der Waals surface area (Å²) < 4.78 is 13.9. The van der Waals surface area contributed by atoms with Gasteiger partial charge in [0, 0.05) is 9.13 Å². The van der Waals surface area contributed by atoms with Crippen LogP contribution in [0.4, 0.5) is 4.39 Å². The Hall–Kier alpha value is -0.160. The van der Waals surface area contributed by atoms with Gasteiger partial charge in [-0.2, -0.15) is 0 Å². The molecule has 1 aromatic rings. The van der Waals surface area contributed by atoms with Crippen molar-refractivity contribution in [2.24, 2.45) is 0 Å². The molecule has 0 unspecified atom stereocenters. The van der Waals surface area contributed by atoms with E-state index < -0.39 is 5.60 Å². The second-order valence-electron chi connectivity index (χ2n) is 3.16. The Morgan fingerprint density at radius 2 is 2.00 bits per heavy atom. The van der Waals surface area contributed by atoms with E-state index in [9.17, 15) is 9.50 Å². The maximum atomic E-state index is 13.2. The van der Waals surface area contributed by atoms with Gasteiger partial charge < -0.3 is 5.11 Å². The third-order valence-corrected chi connectivity index (χ3v) is 2.47. The molecule has 0 fully saturated rings. The van der Waals surface area contributed by atoms with Crippen LogP contribution in [0.3, 0.4) is 0 Å². The molecule has 0 atom stereocenters. The van der Waals surface area contributed by atoms with Gasteiger partial charge in [0.1, 0.15) is 5.82 Å². The van der Waals surface area contributed by atoms with Crippen LogP contribution in [0.1, 0.15) is 19.4 Å². The highest BCUT2D eigenvalue weighted by molar-refractivity contribution is 14.1. The molecule has 1 aromatic carbocycles. The first-order chi connectivity index (χ1) is 5.43. The van der Waals surface area contributed by atoms with Crippen LogP contribution in [0.25, 0.3) is 0 Å². The Morgan fingerprint density at radius 3 is 2.33 bits per heavy atom. The first kappa shape index (κ1) is 9.92. The van der Waals surface area contributed by atoms with Gasteiger partial charge in [-0.25, -0.2) is 4.39 Å². The monoisotopic (exact) mass is 280 g/mol. The molecule has 0 heterocycles. The zero-order chi connectivity index (χ0) is 9.35. The maximum Gasteiger partial charge on any atom is 0.130 e. The van der Waals surface area contributed by atoms with Crippen molar-refractivity contribution in [3.05, 3.63) is 33.1 Å². The molecule has 0 radical (unpaired) electrons. The van der Waals surface area contributed by atoms with Crippen LogP contribution in [0.5, 0.6) is 0 Å². The Morgan fingerprint density at radius 1 is 1.42 bits per heavy atom. The second-order valence-corrected chi connectivity index (χ2v) is 4.32. The first-order valence-corrected chi connectivity index (χ1v) is 4.67. The van der Waals surface area contributed by atoms with Crippen molar-refractivity contribution < 1.29 is 9.50 Å². The van der Waals surface area contributed by atoms with E-state index in [1.807, 2.05) is 22.6 Å². The molecule has 0 aliphatic rings.